The SMILES string of the molecule is N#Cc1ccc(-c2cccc3c2-c2cccc(-c4ccc(-c5nc(-c6ccccc6)nc(-c6ccccc6)n5)cc4)c2C32C3CC4CC(C3)CC2C4)c2ccccc12. The first-order chi connectivity index (χ1) is 28.7. The quantitative estimate of drug-likeness (QED) is 0.176. The van der Waals surface area contributed by atoms with Crippen LogP contribution in [0, 0.1) is 35.0 Å². The van der Waals surface area contributed by atoms with Crippen LogP contribution >= 0.6 is 0 Å². The molecular weight excluding hydrogens is 705 g/mol. The van der Waals surface area contributed by atoms with Crippen LogP contribution < -0.4 is 0 Å². The molecule has 5 aliphatic carbocycles. The lowest BCUT2D eigenvalue weighted by Crippen LogP contribution is -2.55. The topological polar surface area (TPSA) is 62.5 Å². The van der Waals surface area contributed by atoms with Crippen LogP contribution in [0.25, 0.3) is 78.3 Å². The van der Waals surface area contributed by atoms with Crippen LogP contribution in [0.5, 0.6) is 0 Å². The van der Waals surface area contributed by atoms with Gasteiger partial charge in [0.05, 0.1) is 11.6 Å². The molecule has 58 heavy (non-hydrogen) atoms. The van der Waals surface area contributed by atoms with Crippen molar-refractivity contribution in [2.24, 2.45) is 23.7 Å². The van der Waals surface area contributed by atoms with Gasteiger partial charge in [-0.05, 0) is 112 Å². The zero-order valence-electron chi connectivity index (χ0n) is 32.1. The molecule has 1 aromatic heterocycles. The van der Waals surface area contributed by atoms with Gasteiger partial charge in [0.25, 0.3) is 0 Å². The third kappa shape index (κ3) is 4.89. The summed E-state index contributed by atoms with van der Waals surface area (Å²) in [5.74, 6) is 4.94. The van der Waals surface area contributed by atoms with E-state index in [0.717, 1.165) is 44.9 Å². The van der Waals surface area contributed by atoms with Crippen molar-refractivity contribution in [3.05, 3.63) is 174 Å². The summed E-state index contributed by atoms with van der Waals surface area (Å²) in [6.07, 6.45) is 6.68. The largest absolute Gasteiger partial charge is 0.208 e. The molecule has 1 spiro atoms. The first-order valence-electron chi connectivity index (χ1n) is 20.8. The van der Waals surface area contributed by atoms with Gasteiger partial charge in [0, 0.05) is 27.5 Å². The summed E-state index contributed by atoms with van der Waals surface area (Å²) >= 11 is 0. The van der Waals surface area contributed by atoms with E-state index in [1.54, 1.807) is 0 Å². The molecule has 276 valence electrons. The van der Waals surface area contributed by atoms with Gasteiger partial charge in [-0.3, -0.25) is 0 Å². The zero-order chi connectivity index (χ0) is 38.4. The van der Waals surface area contributed by atoms with E-state index in [4.69, 9.17) is 15.0 Å². The molecule has 0 aliphatic heterocycles. The average molecular weight is 745 g/mol. The molecule has 0 unspecified atom stereocenters. The Labute approximate surface area is 338 Å². The molecule has 4 heteroatoms. The Kier molecular flexibility index (Phi) is 7.45. The second kappa shape index (κ2) is 12.9. The fourth-order valence-corrected chi connectivity index (χ4v) is 12.1. The van der Waals surface area contributed by atoms with Crippen LogP contribution in [-0.4, -0.2) is 15.0 Å². The van der Waals surface area contributed by atoms with Crippen molar-refractivity contribution >= 4 is 10.8 Å². The maximum absolute atomic E-state index is 10.0. The van der Waals surface area contributed by atoms with Crippen molar-refractivity contribution in [3.8, 4) is 73.6 Å². The van der Waals surface area contributed by atoms with Crippen molar-refractivity contribution < 1.29 is 0 Å². The number of fused-ring (bicyclic) bond motifs is 4. The van der Waals surface area contributed by atoms with Gasteiger partial charge in [0.15, 0.2) is 17.5 Å². The van der Waals surface area contributed by atoms with Crippen LogP contribution in [0.15, 0.2) is 158 Å². The van der Waals surface area contributed by atoms with Gasteiger partial charge in [-0.25, -0.2) is 15.0 Å². The zero-order valence-corrected chi connectivity index (χ0v) is 32.1. The predicted octanol–water partition coefficient (Wildman–Crippen LogP) is 13.0. The van der Waals surface area contributed by atoms with E-state index in [2.05, 4.69) is 115 Å². The van der Waals surface area contributed by atoms with Crippen molar-refractivity contribution in [1.82, 2.24) is 15.0 Å². The highest BCUT2D eigenvalue weighted by Crippen LogP contribution is 2.71. The smallest absolute Gasteiger partial charge is 0.164 e. The second-order valence-corrected chi connectivity index (χ2v) is 17.1. The first kappa shape index (κ1) is 33.4. The number of hydrogen-bond donors (Lipinski definition) is 0. The highest BCUT2D eigenvalue weighted by molar-refractivity contribution is 6.05. The van der Waals surface area contributed by atoms with E-state index >= 15 is 0 Å². The van der Waals surface area contributed by atoms with Crippen LogP contribution in [-0.2, 0) is 5.41 Å². The number of hydrogen-bond acceptors (Lipinski definition) is 4. The summed E-state index contributed by atoms with van der Waals surface area (Å²) in [5.41, 5.74) is 14.5. The lowest BCUT2D eigenvalue weighted by molar-refractivity contribution is -0.0397. The Morgan fingerprint density at radius 1 is 0.431 bits per heavy atom. The molecule has 13 rings (SSSR count). The first-order valence-corrected chi connectivity index (χ1v) is 20.8. The van der Waals surface area contributed by atoms with Crippen LogP contribution in [0.2, 0.25) is 0 Å². The maximum atomic E-state index is 10.0. The van der Waals surface area contributed by atoms with Gasteiger partial charge in [-0.1, -0.05) is 152 Å². The Morgan fingerprint density at radius 2 is 0.948 bits per heavy atom. The minimum absolute atomic E-state index is 0.0326. The fraction of sp³-hybridized carbons (Fsp3) is 0.185. The van der Waals surface area contributed by atoms with Crippen LogP contribution in [0.3, 0.4) is 0 Å². The van der Waals surface area contributed by atoms with Crippen LogP contribution in [0.1, 0.15) is 48.8 Å². The van der Waals surface area contributed by atoms with Crippen LogP contribution in [0.4, 0.5) is 0 Å². The maximum Gasteiger partial charge on any atom is 0.164 e. The van der Waals surface area contributed by atoms with Crippen molar-refractivity contribution in [2.45, 2.75) is 37.5 Å². The Morgan fingerprint density at radius 3 is 1.57 bits per heavy atom. The molecule has 4 saturated carbocycles. The summed E-state index contributed by atoms with van der Waals surface area (Å²) in [6.45, 7) is 0. The molecule has 0 radical (unpaired) electrons. The number of nitrogens with zero attached hydrogens (tertiary/aromatic N) is 4. The summed E-state index contributed by atoms with van der Waals surface area (Å²) in [4.78, 5) is 15.0. The van der Waals surface area contributed by atoms with E-state index in [9.17, 15) is 5.26 Å². The van der Waals surface area contributed by atoms with E-state index in [1.165, 1.54) is 76.6 Å². The molecule has 4 fully saturated rings. The number of rotatable bonds is 5. The lowest BCUT2D eigenvalue weighted by Gasteiger charge is -2.61. The third-order valence-electron chi connectivity index (χ3n) is 14.2. The number of aromatic nitrogens is 3. The minimum Gasteiger partial charge on any atom is -0.208 e. The second-order valence-electron chi connectivity index (χ2n) is 17.1. The highest BCUT2D eigenvalue weighted by atomic mass is 15.0. The number of nitriles is 1. The van der Waals surface area contributed by atoms with Gasteiger partial charge in [-0.15, -0.1) is 0 Å². The molecule has 8 aromatic rings. The summed E-state index contributed by atoms with van der Waals surface area (Å²) in [6, 6.07) is 58.6. The molecule has 0 amide bonds. The van der Waals surface area contributed by atoms with Gasteiger partial charge < -0.3 is 0 Å². The predicted molar refractivity (Wildman–Crippen MR) is 232 cm³/mol. The van der Waals surface area contributed by atoms with Crippen molar-refractivity contribution in [3.63, 3.8) is 0 Å². The lowest BCUT2D eigenvalue weighted by atomic mass is 9.42. The van der Waals surface area contributed by atoms with E-state index in [0.29, 0.717) is 29.3 Å². The minimum atomic E-state index is -0.0326. The number of benzene rings is 7. The highest BCUT2D eigenvalue weighted by Gasteiger charge is 2.62. The monoisotopic (exact) mass is 744 g/mol. The van der Waals surface area contributed by atoms with Gasteiger partial charge in [-0.2, -0.15) is 5.26 Å². The van der Waals surface area contributed by atoms with E-state index in [-0.39, 0.29) is 5.41 Å². The molecule has 0 N–H and O–H groups in total. The molecule has 7 aromatic carbocycles. The summed E-state index contributed by atoms with van der Waals surface area (Å²) in [5, 5.41) is 12.2. The summed E-state index contributed by atoms with van der Waals surface area (Å²) in [7, 11) is 0. The average Bonchev–Trinajstić information content (AvgIpc) is 3.59. The molecular formula is C54H40N4. The normalized spacial score (nSPS) is 22.2. The Hall–Kier alpha value is -6.70. The fourth-order valence-electron chi connectivity index (χ4n) is 12.1. The molecule has 0 saturated heterocycles. The summed E-state index contributed by atoms with van der Waals surface area (Å²) < 4.78 is 0. The third-order valence-corrected chi connectivity index (χ3v) is 14.2. The Bertz CT molecular complexity index is 2880. The Balaban J connectivity index is 1.04. The molecule has 4 bridgehead atoms. The van der Waals surface area contributed by atoms with E-state index in [1.807, 2.05) is 48.5 Å². The standard InChI is InChI=1S/C54H40N4/c55-32-39-25-26-45(44-16-8-7-15-42(39)44)46-18-10-20-48-49(46)47-19-9-17-43(50(47)54(48)40-28-33-27-34(30-40)31-41(54)29-33)35-21-23-38(24-22-35)53-57-51(36-11-3-1-4-12-36)56-52(58-53)37-13-5-2-6-14-37/h1-26,33-34,40-41H,27-31H2. The van der Waals surface area contributed by atoms with Gasteiger partial charge in [0.2, 0.25) is 0 Å². The van der Waals surface area contributed by atoms with Gasteiger partial charge in [0.1, 0.15) is 0 Å². The molecule has 5 aliphatic rings. The van der Waals surface area contributed by atoms with Crippen molar-refractivity contribution in [2.75, 3.05) is 0 Å². The molecule has 1 heterocycles. The van der Waals surface area contributed by atoms with E-state index < -0.39 is 0 Å². The molecule has 0 atom stereocenters. The van der Waals surface area contributed by atoms with Gasteiger partial charge >= 0.3 is 0 Å². The molecule has 4 nitrogen and oxygen atoms in total. The van der Waals surface area contributed by atoms with Crippen molar-refractivity contribution in [1.29, 1.82) is 5.26 Å².